The molecule has 0 aliphatic rings. The molecule has 0 aliphatic carbocycles. The molecule has 0 amide bonds. The Bertz CT molecular complexity index is 315. The Balaban J connectivity index is 2.97. The number of Topliss-reactive ketones (excluding diaryl/α,β-unsaturated/α-hetero) is 1. The number of halogens is 4. The second-order valence-corrected chi connectivity index (χ2v) is 9.53. The lowest BCUT2D eigenvalue weighted by Gasteiger charge is -2.10. The van der Waals surface area contributed by atoms with Crippen molar-refractivity contribution < 1.29 is 4.79 Å². The zero-order chi connectivity index (χ0) is 10.1. The number of carbonyl (C=O) groups is 1. The fraction of sp³-hybridized carbons (Fsp3) is 0.125. The fourth-order valence-corrected chi connectivity index (χ4v) is 1.58. The molecule has 0 fully saturated rings. The smallest absolute Gasteiger partial charge is 0.201 e. The number of hydrogen-bond donors (Lipinski definition) is 0. The van der Waals surface area contributed by atoms with Gasteiger partial charge in [0, 0.05) is 10.6 Å². The van der Waals surface area contributed by atoms with Crippen LogP contribution in [-0.2, 0) is 0 Å². The van der Waals surface area contributed by atoms with Crippen LogP contribution in [0.15, 0.2) is 24.3 Å². The highest BCUT2D eigenvalue weighted by molar-refractivity contribution is 9.40. The Labute approximate surface area is 106 Å². The highest BCUT2D eigenvalue weighted by Crippen LogP contribution is 2.36. The van der Waals surface area contributed by atoms with Gasteiger partial charge in [-0.3, -0.25) is 4.79 Å². The number of ketones is 1. The molecule has 0 unspecified atom stereocenters. The zero-order valence-corrected chi connectivity index (χ0v) is 11.7. The normalized spacial score (nSPS) is 11.4. The van der Waals surface area contributed by atoms with Gasteiger partial charge in [0.15, 0.2) is 2.14 Å². The fourth-order valence-electron chi connectivity index (χ4n) is 0.765. The maximum atomic E-state index is 11.6. The summed E-state index contributed by atoms with van der Waals surface area (Å²) in [5.74, 6) is -0.107. The molecule has 1 aromatic rings. The molecular formula is C8H4Br3ClO. The Morgan fingerprint density at radius 3 is 2.00 bits per heavy atom. The molecule has 1 rings (SSSR count). The first-order valence-corrected chi connectivity index (χ1v) is 6.04. The van der Waals surface area contributed by atoms with Crippen LogP contribution in [0.5, 0.6) is 0 Å². The van der Waals surface area contributed by atoms with Gasteiger partial charge in [-0.2, -0.15) is 0 Å². The molecule has 0 aromatic heterocycles. The Morgan fingerprint density at radius 1 is 1.15 bits per heavy atom. The summed E-state index contributed by atoms with van der Waals surface area (Å²) in [5.41, 5.74) is 0.579. The predicted molar refractivity (Wildman–Crippen MR) is 65.3 cm³/mol. The Morgan fingerprint density at radius 2 is 1.62 bits per heavy atom. The monoisotopic (exact) mass is 388 g/mol. The highest BCUT2D eigenvalue weighted by Gasteiger charge is 2.29. The van der Waals surface area contributed by atoms with Gasteiger partial charge in [-0.1, -0.05) is 59.4 Å². The maximum Gasteiger partial charge on any atom is 0.201 e. The predicted octanol–water partition coefficient (Wildman–Crippen LogP) is 4.36. The third-order valence-electron chi connectivity index (χ3n) is 1.36. The van der Waals surface area contributed by atoms with Gasteiger partial charge in [0.25, 0.3) is 0 Å². The summed E-state index contributed by atoms with van der Waals surface area (Å²) in [6.45, 7) is 0. The molecule has 0 saturated carbocycles. The van der Waals surface area contributed by atoms with Crippen molar-refractivity contribution in [3.05, 3.63) is 34.9 Å². The first-order chi connectivity index (χ1) is 5.91. The average molecular weight is 391 g/mol. The summed E-state index contributed by atoms with van der Waals surface area (Å²) in [6.07, 6.45) is 0. The highest BCUT2D eigenvalue weighted by atomic mass is 80.0. The van der Waals surface area contributed by atoms with Crippen molar-refractivity contribution in [1.82, 2.24) is 0 Å². The molecule has 5 heteroatoms. The lowest BCUT2D eigenvalue weighted by molar-refractivity contribution is 0.101. The largest absolute Gasteiger partial charge is 0.291 e. The van der Waals surface area contributed by atoms with Crippen LogP contribution in [0.2, 0.25) is 5.02 Å². The number of carbonyl (C=O) groups excluding carboxylic acids is 1. The molecule has 13 heavy (non-hydrogen) atoms. The zero-order valence-electron chi connectivity index (χ0n) is 6.23. The third kappa shape index (κ3) is 3.35. The lowest BCUT2D eigenvalue weighted by atomic mass is 10.1. The van der Waals surface area contributed by atoms with E-state index in [2.05, 4.69) is 47.8 Å². The SMILES string of the molecule is O=C(c1ccc(Cl)cc1)C(Br)(Br)Br. The summed E-state index contributed by atoms with van der Waals surface area (Å²) in [4.78, 5) is 11.6. The van der Waals surface area contributed by atoms with Gasteiger partial charge in [0.2, 0.25) is 5.78 Å². The van der Waals surface area contributed by atoms with E-state index in [0.29, 0.717) is 10.6 Å². The first-order valence-electron chi connectivity index (χ1n) is 3.28. The Kier molecular flexibility index (Phi) is 3.98. The van der Waals surface area contributed by atoms with Gasteiger partial charge in [0.1, 0.15) is 0 Å². The molecule has 0 radical (unpaired) electrons. The van der Waals surface area contributed by atoms with Crippen molar-refractivity contribution >= 4 is 65.2 Å². The molecule has 0 aliphatic heterocycles. The van der Waals surface area contributed by atoms with E-state index < -0.39 is 2.14 Å². The number of hydrogen-bond acceptors (Lipinski definition) is 1. The van der Waals surface area contributed by atoms with E-state index in [0.717, 1.165) is 0 Å². The Hall–Kier alpha value is 0.620. The molecule has 0 atom stereocenters. The van der Waals surface area contributed by atoms with Crippen LogP contribution in [0.4, 0.5) is 0 Å². The van der Waals surface area contributed by atoms with E-state index in [1.54, 1.807) is 24.3 Å². The maximum absolute atomic E-state index is 11.6. The summed E-state index contributed by atoms with van der Waals surface area (Å²) in [6, 6.07) is 6.69. The van der Waals surface area contributed by atoms with Crippen LogP contribution in [0.3, 0.4) is 0 Å². The number of rotatable bonds is 1. The molecule has 0 saturated heterocycles. The minimum Gasteiger partial charge on any atom is -0.291 e. The summed E-state index contributed by atoms with van der Waals surface area (Å²) >= 11 is 15.1. The van der Waals surface area contributed by atoms with Crippen LogP contribution in [0.25, 0.3) is 0 Å². The van der Waals surface area contributed by atoms with E-state index in [1.165, 1.54) is 0 Å². The second-order valence-electron chi connectivity index (χ2n) is 2.33. The quantitative estimate of drug-likeness (QED) is 0.514. The van der Waals surface area contributed by atoms with E-state index in [1.807, 2.05) is 0 Å². The van der Waals surface area contributed by atoms with Crippen LogP contribution in [-0.4, -0.2) is 7.93 Å². The van der Waals surface area contributed by atoms with Crippen LogP contribution in [0.1, 0.15) is 10.4 Å². The van der Waals surface area contributed by atoms with Crippen molar-refractivity contribution in [1.29, 1.82) is 0 Å². The summed E-state index contributed by atoms with van der Waals surface area (Å²) < 4.78 is -0.888. The first kappa shape index (κ1) is 11.7. The summed E-state index contributed by atoms with van der Waals surface area (Å²) in [7, 11) is 0. The molecule has 0 N–H and O–H groups in total. The van der Waals surface area contributed by atoms with E-state index in [9.17, 15) is 4.79 Å². The standard InChI is InChI=1S/C8H4Br3ClO/c9-8(10,11)7(13)5-1-3-6(12)4-2-5/h1-4H. The number of benzene rings is 1. The van der Waals surface area contributed by atoms with Crippen molar-refractivity contribution in [2.24, 2.45) is 0 Å². The van der Waals surface area contributed by atoms with Crippen LogP contribution in [0, 0.1) is 0 Å². The molecule has 0 bridgehead atoms. The van der Waals surface area contributed by atoms with E-state index >= 15 is 0 Å². The molecule has 70 valence electrons. The molecule has 1 aromatic carbocycles. The van der Waals surface area contributed by atoms with Crippen molar-refractivity contribution in [3.8, 4) is 0 Å². The van der Waals surface area contributed by atoms with Gasteiger partial charge < -0.3 is 0 Å². The second kappa shape index (κ2) is 4.43. The average Bonchev–Trinajstić information content (AvgIpc) is 2.03. The van der Waals surface area contributed by atoms with Crippen molar-refractivity contribution in [2.75, 3.05) is 0 Å². The van der Waals surface area contributed by atoms with Gasteiger partial charge in [-0.05, 0) is 24.3 Å². The number of alkyl halides is 3. The molecule has 0 heterocycles. The molecule has 0 spiro atoms. The van der Waals surface area contributed by atoms with Crippen LogP contribution < -0.4 is 0 Å². The van der Waals surface area contributed by atoms with Gasteiger partial charge in [-0.25, -0.2) is 0 Å². The minimum atomic E-state index is -0.888. The topological polar surface area (TPSA) is 17.1 Å². The van der Waals surface area contributed by atoms with Gasteiger partial charge >= 0.3 is 0 Å². The van der Waals surface area contributed by atoms with Gasteiger partial charge in [-0.15, -0.1) is 0 Å². The van der Waals surface area contributed by atoms with Crippen molar-refractivity contribution in [3.63, 3.8) is 0 Å². The van der Waals surface area contributed by atoms with Crippen LogP contribution >= 0.6 is 59.4 Å². The summed E-state index contributed by atoms with van der Waals surface area (Å²) in [5, 5.41) is 0.612. The lowest BCUT2D eigenvalue weighted by Crippen LogP contribution is -2.16. The third-order valence-corrected chi connectivity index (χ3v) is 2.70. The van der Waals surface area contributed by atoms with E-state index in [-0.39, 0.29) is 5.78 Å². The molecular weight excluding hydrogens is 387 g/mol. The minimum absolute atomic E-state index is 0.107. The van der Waals surface area contributed by atoms with E-state index in [4.69, 9.17) is 11.6 Å². The van der Waals surface area contributed by atoms with Gasteiger partial charge in [0.05, 0.1) is 0 Å². The van der Waals surface area contributed by atoms with Crippen molar-refractivity contribution in [2.45, 2.75) is 2.14 Å². The molecule has 1 nitrogen and oxygen atoms in total.